The van der Waals surface area contributed by atoms with Gasteiger partial charge in [-0.15, -0.1) is 0 Å². The zero-order valence-electron chi connectivity index (χ0n) is 11.2. The normalized spacial score (nSPS) is 26.4. The number of benzene rings is 1. The number of carboxylic acid groups (broad SMARTS) is 1. The third kappa shape index (κ3) is 2.55. The molecule has 1 aromatic carbocycles. The number of hydrogen-bond acceptors (Lipinski definition) is 3. The average Bonchev–Trinajstić information content (AvgIpc) is 2.90. The fourth-order valence-corrected chi connectivity index (χ4v) is 3.27. The maximum Gasteiger partial charge on any atom is 0.338 e. The summed E-state index contributed by atoms with van der Waals surface area (Å²) in [5.74, 6) is -1.90. The van der Waals surface area contributed by atoms with Gasteiger partial charge in [-0.05, 0) is 37.0 Å². The largest absolute Gasteiger partial charge is 0.478 e. The minimum absolute atomic E-state index is 0.251. The van der Waals surface area contributed by atoms with Crippen molar-refractivity contribution in [2.24, 2.45) is 0 Å². The molecule has 0 spiro atoms. The van der Waals surface area contributed by atoms with E-state index in [-0.39, 0.29) is 5.56 Å². The molecule has 0 bridgehead atoms. The molecule has 1 heterocycles. The van der Waals surface area contributed by atoms with Crippen molar-refractivity contribution in [2.75, 3.05) is 13.2 Å². The first-order valence-corrected chi connectivity index (χ1v) is 7.02. The standard InChI is InChI=1S/C15H18FNO3/c16-12-5-4-10(8-11(12)15(18)19)9-17-6-7-20-14-3-1-2-13(14)17/h4-5,8,13-14H,1-3,6-7,9H2,(H,18,19). The molecule has 2 fully saturated rings. The number of aromatic carboxylic acids is 1. The van der Waals surface area contributed by atoms with E-state index in [1.165, 1.54) is 18.6 Å². The van der Waals surface area contributed by atoms with E-state index in [1.54, 1.807) is 6.07 Å². The molecule has 2 unspecified atom stereocenters. The Morgan fingerprint density at radius 1 is 1.45 bits per heavy atom. The number of carboxylic acids is 1. The second kappa shape index (κ2) is 5.50. The number of nitrogens with zero attached hydrogens (tertiary/aromatic N) is 1. The first-order chi connectivity index (χ1) is 9.65. The molecule has 1 saturated heterocycles. The molecular formula is C15H18FNO3. The second-order valence-corrected chi connectivity index (χ2v) is 5.50. The molecular weight excluding hydrogens is 261 g/mol. The summed E-state index contributed by atoms with van der Waals surface area (Å²) >= 11 is 0. The van der Waals surface area contributed by atoms with Crippen LogP contribution in [0, 0.1) is 5.82 Å². The molecule has 108 valence electrons. The number of halogens is 1. The van der Waals surface area contributed by atoms with Crippen LogP contribution in [0.1, 0.15) is 35.2 Å². The number of fused-ring (bicyclic) bond motifs is 1. The van der Waals surface area contributed by atoms with Crippen molar-refractivity contribution in [3.63, 3.8) is 0 Å². The third-order valence-corrected chi connectivity index (χ3v) is 4.24. The Bertz CT molecular complexity index is 520. The molecule has 1 aliphatic carbocycles. The first kappa shape index (κ1) is 13.5. The van der Waals surface area contributed by atoms with Gasteiger partial charge in [0.15, 0.2) is 0 Å². The SMILES string of the molecule is O=C(O)c1cc(CN2CCOC3CCCC32)ccc1F. The summed E-state index contributed by atoms with van der Waals surface area (Å²) in [5.41, 5.74) is 0.593. The van der Waals surface area contributed by atoms with Gasteiger partial charge in [-0.1, -0.05) is 6.07 Å². The predicted molar refractivity (Wildman–Crippen MR) is 71.1 cm³/mol. The molecule has 0 radical (unpaired) electrons. The Morgan fingerprint density at radius 2 is 2.30 bits per heavy atom. The summed E-state index contributed by atoms with van der Waals surface area (Å²) in [6.45, 7) is 2.22. The molecule has 2 aliphatic rings. The maximum absolute atomic E-state index is 13.4. The number of morpholine rings is 1. The van der Waals surface area contributed by atoms with Gasteiger partial charge < -0.3 is 9.84 Å². The van der Waals surface area contributed by atoms with E-state index in [1.807, 2.05) is 0 Å². The Morgan fingerprint density at radius 3 is 3.10 bits per heavy atom. The molecule has 5 heteroatoms. The van der Waals surface area contributed by atoms with Gasteiger partial charge in [0, 0.05) is 19.1 Å². The highest BCUT2D eigenvalue weighted by atomic mass is 19.1. The molecule has 4 nitrogen and oxygen atoms in total. The molecule has 1 saturated carbocycles. The number of ether oxygens (including phenoxy) is 1. The van der Waals surface area contributed by atoms with Gasteiger partial charge in [-0.25, -0.2) is 9.18 Å². The van der Waals surface area contributed by atoms with E-state index >= 15 is 0 Å². The molecule has 20 heavy (non-hydrogen) atoms. The van der Waals surface area contributed by atoms with E-state index in [0.29, 0.717) is 25.3 Å². The summed E-state index contributed by atoms with van der Waals surface area (Å²) in [6, 6.07) is 4.77. The maximum atomic E-state index is 13.4. The van der Waals surface area contributed by atoms with Crippen LogP contribution in [0.4, 0.5) is 4.39 Å². The summed E-state index contributed by atoms with van der Waals surface area (Å²) in [4.78, 5) is 13.3. The van der Waals surface area contributed by atoms with Crippen LogP contribution in [0.3, 0.4) is 0 Å². The lowest BCUT2D eigenvalue weighted by Gasteiger charge is -2.37. The van der Waals surface area contributed by atoms with Gasteiger partial charge in [0.1, 0.15) is 5.82 Å². The quantitative estimate of drug-likeness (QED) is 0.922. The number of hydrogen-bond donors (Lipinski definition) is 1. The highest BCUT2D eigenvalue weighted by Crippen LogP contribution is 2.30. The topological polar surface area (TPSA) is 49.8 Å². The number of carbonyl (C=O) groups is 1. The fraction of sp³-hybridized carbons (Fsp3) is 0.533. The molecule has 1 aromatic rings. The molecule has 1 aliphatic heterocycles. The van der Waals surface area contributed by atoms with Gasteiger partial charge in [-0.2, -0.15) is 0 Å². The van der Waals surface area contributed by atoms with E-state index in [2.05, 4.69) is 4.90 Å². The predicted octanol–water partition coefficient (Wildman–Crippen LogP) is 2.28. The average molecular weight is 279 g/mol. The lowest BCUT2D eigenvalue weighted by Crippen LogP contribution is -2.47. The Kier molecular flexibility index (Phi) is 3.72. The summed E-state index contributed by atoms with van der Waals surface area (Å²) in [5, 5.41) is 8.97. The molecule has 3 rings (SSSR count). The zero-order valence-corrected chi connectivity index (χ0v) is 11.2. The van der Waals surface area contributed by atoms with Crippen LogP contribution in [-0.4, -0.2) is 41.3 Å². The lowest BCUT2D eigenvalue weighted by molar-refractivity contribution is -0.0588. The monoisotopic (exact) mass is 279 g/mol. The van der Waals surface area contributed by atoms with Gasteiger partial charge >= 0.3 is 5.97 Å². The first-order valence-electron chi connectivity index (χ1n) is 7.02. The highest BCUT2D eigenvalue weighted by Gasteiger charge is 2.35. The van der Waals surface area contributed by atoms with E-state index in [9.17, 15) is 9.18 Å². The van der Waals surface area contributed by atoms with Crippen molar-refractivity contribution in [1.82, 2.24) is 4.90 Å². The summed E-state index contributed by atoms with van der Waals surface area (Å²) in [6.07, 6.45) is 3.71. The number of rotatable bonds is 3. The van der Waals surface area contributed by atoms with Crippen molar-refractivity contribution in [1.29, 1.82) is 0 Å². The highest BCUT2D eigenvalue weighted by molar-refractivity contribution is 5.88. The van der Waals surface area contributed by atoms with Crippen molar-refractivity contribution >= 4 is 5.97 Å². The van der Waals surface area contributed by atoms with E-state index in [0.717, 1.165) is 24.9 Å². The molecule has 0 amide bonds. The van der Waals surface area contributed by atoms with Crippen molar-refractivity contribution in [3.05, 3.63) is 35.1 Å². The summed E-state index contributed by atoms with van der Waals surface area (Å²) < 4.78 is 19.2. The Labute approximate surface area is 117 Å². The zero-order chi connectivity index (χ0) is 14.1. The van der Waals surface area contributed by atoms with Crippen LogP contribution in [0.15, 0.2) is 18.2 Å². The van der Waals surface area contributed by atoms with E-state index in [4.69, 9.17) is 9.84 Å². The minimum atomic E-state index is -1.22. The lowest BCUT2D eigenvalue weighted by atomic mass is 10.1. The van der Waals surface area contributed by atoms with Gasteiger partial charge in [0.25, 0.3) is 0 Å². The van der Waals surface area contributed by atoms with E-state index < -0.39 is 11.8 Å². The molecule has 2 atom stereocenters. The van der Waals surface area contributed by atoms with Crippen LogP contribution in [0.5, 0.6) is 0 Å². The third-order valence-electron chi connectivity index (χ3n) is 4.24. The summed E-state index contributed by atoms with van der Waals surface area (Å²) in [7, 11) is 0. The van der Waals surface area contributed by atoms with Crippen LogP contribution >= 0.6 is 0 Å². The second-order valence-electron chi connectivity index (χ2n) is 5.50. The van der Waals surface area contributed by atoms with Crippen LogP contribution in [-0.2, 0) is 11.3 Å². The van der Waals surface area contributed by atoms with Gasteiger partial charge in [-0.3, -0.25) is 4.90 Å². The van der Waals surface area contributed by atoms with Crippen molar-refractivity contribution < 1.29 is 19.0 Å². The van der Waals surface area contributed by atoms with Crippen molar-refractivity contribution in [2.45, 2.75) is 38.0 Å². The smallest absolute Gasteiger partial charge is 0.338 e. The van der Waals surface area contributed by atoms with Crippen LogP contribution in [0.25, 0.3) is 0 Å². The van der Waals surface area contributed by atoms with Gasteiger partial charge in [0.2, 0.25) is 0 Å². The van der Waals surface area contributed by atoms with Gasteiger partial charge in [0.05, 0.1) is 18.3 Å². The molecule has 1 N–H and O–H groups in total. The Hall–Kier alpha value is -1.46. The minimum Gasteiger partial charge on any atom is -0.478 e. The van der Waals surface area contributed by atoms with Crippen LogP contribution in [0.2, 0.25) is 0 Å². The Balaban J connectivity index is 1.77. The van der Waals surface area contributed by atoms with Crippen LogP contribution < -0.4 is 0 Å². The molecule has 0 aromatic heterocycles. The fourth-order valence-electron chi connectivity index (χ4n) is 3.27. The van der Waals surface area contributed by atoms with Crippen molar-refractivity contribution in [3.8, 4) is 0 Å².